The van der Waals surface area contributed by atoms with Gasteiger partial charge in [0.15, 0.2) is 0 Å². The lowest BCUT2D eigenvalue weighted by molar-refractivity contribution is 0.0877. The third-order valence-electron chi connectivity index (χ3n) is 4.05. The van der Waals surface area contributed by atoms with Crippen LogP contribution in [0.2, 0.25) is 0 Å². The molecule has 0 saturated carbocycles. The minimum absolute atomic E-state index is 0.536. The quantitative estimate of drug-likeness (QED) is 0.555. The normalized spacial score (nSPS) is 36.2. The molecular formula is C12H23N. The first-order chi connectivity index (χ1) is 6.07. The number of hydrogen-bond donors (Lipinski definition) is 0. The number of hydrogen-bond acceptors (Lipinski definition) is 1. The summed E-state index contributed by atoms with van der Waals surface area (Å²) in [5.41, 5.74) is 0.536. The molecule has 1 heteroatoms. The van der Waals surface area contributed by atoms with Crippen LogP contribution in [0, 0.1) is 11.3 Å². The van der Waals surface area contributed by atoms with Gasteiger partial charge in [0.2, 0.25) is 0 Å². The van der Waals surface area contributed by atoms with Crippen molar-refractivity contribution in [2.45, 2.75) is 52.5 Å². The number of nitrogens with zero attached hydrogens (tertiary/aromatic N) is 1. The van der Waals surface area contributed by atoms with E-state index in [1.807, 2.05) is 0 Å². The molecule has 2 saturated heterocycles. The van der Waals surface area contributed by atoms with E-state index in [0.717, 1.165) is 12.0 Å². The molecule has 2 aliphatic heterocycles. The largest absolute Gasteiger partial charge is 0.300 e. The van der Waals surface area contributed by atoms with Crippen LogP contribution in [0.15, 0.2) is 0 Å². The average molecular weight is 181 g/mol. The Morgan fingerprint density at radius 2 is 1.85 bits per heavy atom. The number of fused-ring (bicyclic) bond motifs is 1. The van der Waals surface area contributed by atoms with Crippen LogP contribution in [-0.2, 0) is 0 Å². The molecule has 0 spiro atoms. The first-order valence-electron chi connectivity index (χ1n) is 5.81. The summed E-state index contributed by atoms with van der Waals surface area (Å²) in [6.07, 6.45) is 5.80. The molecule has 1 unspecified atom stereocenters. The monoisotopic (exact) mass is 181 g/mol. The summed E-state index contributed by atoms with van der Waals surface area (Å²) in [6.45, 7) is 9.96. The first kappa shape index (κ1) is 9.51. The van der Waals surface area contributed by atoms with Crippen molar-refractivity contribution in [3.05, 3.63) is 0 Å². The van der Waals surface area contributed by atoms with Crippen molar-refractivity contribution in [3.63, 3.8) is 0 Å². The van der Waals surface area contributed by atoms with E-state index in [4.69, 9.17) is 0 Å². The van der Waals surface area contributed by atoms with Gasteiger partial charge in [-0.05, 0) is 50.1 Å². The SMILES string of the molecule is CC(C)(C)C1CCN2CCC[C@@H]2C1. The van der Waals surface area contributed by atoms with E-state index in [-0.39, 0.29) is 0 Å². The Kier molecular flexibility index (Phi) is 2.39. The lowest BCUT2D eigenvalue weighted by Gasteiger charge is -2.41. The van der Waals surface area contributed by atoms with Gasteiger partial charge in [-0.15, -0.1) is 0 Å². The molecule has 0 aromatic heterocycles. The van der Waals surface area contributed by atoms with Crippen molar-refractivity contribution in [1.82, 2.24) is 4.90 Å². The smallest absolute Gasteiger partial charge is 0.00985 e. The van der Waals surface area contributed by atoms with Crippen molar-refractivity contribution in [3.8, 4) is 0 Å². The third kappa shape index (κ3) is 1.90. The van der Waals surface area contributed by atoms with Gasteiger partial charge >= 0.3 is 0 Å². The molecule has 0 aliphatic carbocycles. The summed E-state index contributed by atoms with van der Waals surface area (Å²) in [4.78, 5) is 2.71. The van der Waals surface area contributed by atoms with Gasteiger partial charge in [-0.3, -0.25) is 0 Å². The Bertz CT molecular complexity index is 180. The summed E-state index contributed by atoms with van der Waals surface area (Å²) in [5, 5.41) is 0. The van der Waals surface area contributed by atoms with E-state index in [1.165, 1.54) is 38.8 Å². The van der Waals surface area contributed by atoms with Crippen LogP contribution in [-0.4, -0.2) is 24.0 Å². The van der Waals surface area contributed by atoms with E-state index in [2.05, 4.69) is 25.7 Å². The summed E-state index contributed by atoms with van der Waals surface area (Å²) in [5.74, 6) is 0.965. The molecule has 0 bridgehead atoms. The standard InChI is InChI=1S/C12H23N/c1-12(2,3)10-6-8-13-7-4-5-11(13)9-10/h10-11H,4-9H2,1-3H3/t10?,11-/m1/s1. The maximum atomic E-state index is 2.71. The van der Waals surface area contributed by atoms with Crippen LogP contribution in [0.25, 0.3) is 0 Å². The lowest BCUT2D eigenvalue weighted by atomic mass is 9.73. The summed E-state index contributed by atoms with van der Waals surface area (Å²) in [7, 11) is 0. The minimum Gasteiger partial charge on any atom is -0.300 e. The molecule has 2 heterocycles. The van der Waals surface area contributed by atoms with Gasteiger partial charge in [0.05, 0.1) is 0 Å². The molecule has 2 rings (SSSR count). The van der Waals surface area contributed by atoms with E-state index >= 15 is 0 Å². The van der Waals surface area contributed by atoms with Gasteiger partial charge in [-0.2, -0.15) is 0 Å². The zero-order chi connectivity index (χ0) is 9.47. The Morgan fingerprint density at radius 1 is 1.08 bits per heavy atom. The Labute approximate surface area is 82.5 Å². The van der Waals surface area contributed by atoms with Crippen molar-refractivity contribution < 1.29 is 0 Å². The van der Waals surface area contributed by atoms with E-state index in [1.54, 1.807) is 0 Å². The maximum Gasteiger partial charge on any atom is 0.00985 e. The van der Waals surface area contributed by atoms with E-state index in [0.29, 0.717) is 5.41 Å². The Balaban J connectivity index is 1.97. The van der Waals surface area contributed by atoms with Gasteiger partial charge in [0.25, 0.3) is 0 Å². The molecule has 13 heavy (non-hydrogen) atoms. The zero-order valence-electron chi connectivity index (χ0n) is 9.34. The second-order valence-corrected chi connectivity index (χ2v) is 5.92. The fourth-order valence-electron chi connectivity index (χ4n) is 3.01. The van der Waals surface area contributed by atoms with Crippen LogP contribution in [0.5, 0.6) is 0 Å². The lowest BCUT2D eigenvalue weighted by Crippen LogP contribution is -2.41. The molecule has 76 valence electrons. The summed E-state index contributed by atoms with van der Waals surface area (Å²) < 4.78 is 0. The molecular weight excluding hydrogens is 158 g/mol. The molecule has 0 N–H and O–H groups in total. The fraction of sp³-hybridized carbons (Fsp3) is 1.00. The first-order valence-corrected chi connectivity index (χ1v) is 5.81. The summed E-state index contributed by atoms with van der Waals surface area (Å²) in [6, 6.07) is 0.943. The average Bonchev–Trinajstić information content (AvgIpc) is 2.47. The van der Waals surface area contributed by atoms with Crippen LogP contribution in [0.4, 0.5) is 0 Å². The highest BCUT2D eigenvalue weighted by Gasteiger charge is 2.36. The molecule has 0 radical (unpaired) electrons. The highest BCUT2D eigenvalue weighted by atomic mass is 15.2. The van der Waals surface area contributed by atoms with Crippen molar-refractivity contribution in [2.24, 2.45) is 11.3 Å². The van der Waals surface area contributed by atoms with Crippen LogP contribution >= 0.6 is 0 Å². The molecule has 0 aromatic rings. The molecule has 1 nitrogen and oxygen atoms in total. The second kappa shape index (κ2) is 3.27. The number of piperidine rings is 1. The summed E-state index contributed by atoms with van der Waals surface area (Å²) >= 11 is 0. The predicted octanol–water partition coefficient (Wildman–Crippen LogP) is 2.91. The highest BCUT2D eigenvalue weighted by Crippen LogP contribution is 2.39. The molecule has 2 fully saturated rings. The Hall–Kier alpha value is -0.0400. The van der Waals surface area contributed by atoms with Crippen molar-refractivity contribution >= 4 is 0 Å². The van der Waals surface area contributed by atoms with Gasteiger partial charge in [0, 0.05) is 6.04 Å². The fourth-order valence-corrected chi connectivity index (χ4v) is 3.01. The van der Waals surface area contributed by atoms with Gasteiger partial charge in [-0.25, -0.2) is 0 Å². The van der Waals surface area contributed by atoms with E-state index in [9.17, 15) is 0 Å². The van der Waals surface area contributed by atoms with Crippen LogP contribution < -0.4 is 0 Å². The highest BCUT2D eigenvalue weighted by molar-refractivity contribution is 4.89. The van der Waals surface area contributed by atoms with Crippen LogP contribution in [0.1, 0.15) is 46.5 Å². The minimum atomic E-state index is 0.536. The van der Waals surface area contributed by atoms with Gasteiger partial charge < -0.3 is 4.90 Å². The number of rotatable bonds is 0. The second-order valence-electron chi connectivity index (χ2n) is 5.92. The molecule has 2 atom stereocenters. The van der Waals surface area contributed by atoms with Crippen molar-refractivity contribution in [1.29, 1.82) is 0 Å². The van der Waals surface area contributed by atoms with Crippen LogP contribution in [0.3, 0.4) is 0 Å². The van der Waals surface area contributed by atoms with Gasteiger partial charge in [-0.1, -0.05) is 20.8 Å². The van der Waals surface area contributed by atoms with Crippen molar-refractivity contribution in [2.75, 3.05) is 13.1 Å². The maximum absolute atomic E-state index is 2.71. The third-order valence-corrected chi connectivity index (χ3v) is 4.05. The van der Waals surface area contributed by atoms with Gasteiger partial charge in [0.1, 0.15) is 0 Å². The topological polar surface area (TPSA) is 3.24 Å². The molecule has 2 aliphatic rings. The zero-order valence-corrected chi connectivity index (χ0v) is 9.34. The van der Waals surface area contributed by atoms with E-state index < -0.39 is 0 Å². The molecule has 0 amide bonds. The predicted molar refractivity (Wildman–Crippen MR) is 56.8 cm³/mol. The Morgan fingerprint density at radius 3 is 2.54 bits per heavy atom. The molecule has 0 aromatic carbocycles.